The quantitative estimate of drug-likeness (QED) is 0.762. The average Bonchev–Trinajstić information content (AvgIpc) is 2.25. The van der Waals surface area contributed by atoms with Crippen LogP contribution < -0.4 is 4.90 Å². The summed E-state index contributed by atoms with van der Waals surface area (Å²) in [7, 11) is 0. The van der Waals surface area contributed by atoms with Crippen LogP contribution in [0.5, 0.6) is 0 Å². The largest absolute Gasteiger partial charge is 0.370 e. The number of carbonyl (C=O) groups is 1. The summed E-state index contributed by atoms with van der Waals surface area (Å²) in [6.45, 7) is 7.67. The van der Waals surface area contributed by atoms with Gasteiger partial charge in [-0.2, -0.15) is 0 Å². The second kappa shape index (κ2) is 4.34. The van der Waals surface area contributed by atoms with Crippen LogP contribution in [0.3, 0.4) is 0 Å². The van der Waals surface area contributed by atoms with Crippen molar-refractivity contribution in [1.29, 1.82) is 0 Å². The summed E-state index contributed by atoms with van der Waals surface area (Å²) in [5.74, 6) is 0.355. The number of aryl methyl sites for hydroxylation is 1. The Bertz CT molecular complexity index is 454. The molecule has 1 fully saturated rings. The number of piperidine rings is 1. The van der Waals surface area contributed by atoms with E-state index in [2.05, 4.69) is 11.8 Å². The molecule has 0 amide bonds. The van der Waals surface area contributed by atoms with Gasteiger partial charge in [-0.1, -0.05) is 31.5 Å². The van der Waals surface area contributed by atoms with Gasteiger partial charge in [0.1, 0.15) is 5.78 Å². The van der Waals surface area contributed by atoms with E-state index < -0.39 is 0 Å². The van der Waals surface area contributed by atoms with Gasteiger partial charge in [-0.05, 0) is 24.6 Å². The van der Waals surface area contributed by atoms with E-state index in [0.717, 1.165) is 23.8 Å². The zero-order chi connectivity index (χ0) is 12.6. The van der Waals surface area contributed by atoms with Crippen molar-refractivity contribution in [3.63, 3.8) is 0 Å². The minimum Gasteiger partial charge on any atom is -0.370 e. The molecule has 0 aliphatic carbocycles. The van der Waals surface area contributed by atoms with Gasteiger partial charge in [0.05, 0.1) is 0 Å². The normalized spacial score (nSPS) is 19.5. The summed E-state index contributed by atoms with van der Waals surface area (Å²) in [4.78, 5) is 14.1. The van der Waals surface area contributed by atoms with Gasteiger partial charge >= 0.3 is 0 Å². The Morgan fingerprint density at radius 1 is 1.35 bits per heavy atom. The van der Waals surface area contributed by atoms with Gasteiger partial charge in [0.25, 0.3) is 0 Å². The molecule has 1 saturated heterocycles. The highest BCUT2D eigenvalue weighted by Gasteiger charge is 2.34. The van der Waals surface area contributed by atoms with Gasteiger partial charge in [-0.25, -0.2) is 0 Å². The molecule has 1 aromatic rings. The molecule has 0 aromatic heterocycles. The minimum absolute atomic E-state index is 0.257. The maximum Gasteiger partial charge on any atom is 0.142 e. The lowest BCUT2D eigenvalue weighted by atomic mass is 9.82. The van der Waals surface area contributed by atoms with Crippen LogP contribution in [0, 0.1) is 12.3 Å². The van der Waals surface area contributed by atoms with Gasteiger partial charge in [-0.15, -0.1) is 0 Å². The van der Waals surface area contributed by atoms with Crippen molar-refractivity contribution in [2.75, 3.05) is 18.0 Å². The molecule has 17 heavy (non-hydrogen) atoms. The highest BCUT2D eigenvalue weighted by atomic mass is 35.5. The number of carbonyl (C=O) groups excluding carboxylic acids is 1. The van der Waals surface area contributed by atoms with Crippen molar-refractivity contribution < 1.29 is 4.79 Å². The summed E-state index contributed by atoms with van der Waals surface area (Å²) in [6.07, 6.45) is 0.624. The van der Waals surface area contributed by atoms with Crippen LogP contribution in [0.4, 0.5) is 5.69 Å². The average molecular weight is 252 g/mol. The smallest absolute Gasteiger partial charge is 0.142 e. The molecule has 1 heterocycles. The maximum absolute atomic E-state index is 11.8. The SMILES string of the molecule is Cc1ccc(Cl)cc1N1CCC(=O)C(C)(C)C1. The molecule has 2 rings (SSSR count). The fourth-order valence-electron chi connectivity index (χ4n) is 2.35. The molecule has 2 nitrogen and oxygen atoms in total. The summed E-state index contributed by atoms with van der Waals surface area (Å²) < 4.78 is 0. The van der Waals surface area contributed by atoms with Gasteiger partial charge < -0.3 is 4.90 Å². The fourth-order valence-corrected chi connectivity index (χ4v) is 2.51. The Balaban J connectivity index is 2.29. The van der Waals surface area contributed by atoms with E-state index in [1.54, 1.807) is 0 Å². The van der Waals surface area contributed by atoms with Crippen LogP contribution in [-0.4, -0.2) is 18.9 Å². The Labute approximate surface area is 108 Å². The van der Waals surface area contributed by atoms with E-state index in [0.29, 0.717) is 12.2 Å². The van der Waals surface area contributed by atoms with Crippen LogP contribution in [0.25, 0.3) is 0 Å². The number of hydrogen-bond acceptors (Lipinski definition) is 2. The summed E-state index contributed by atoms with van der Waals surface area (Å²) in [5, 5.41) is 0.750. The monoisotopic (exact) mass is 251 g/mol. The number of Topliss-reactive ketones (excluding diaryl/α,β-unsaturated/α-hetero) is 1. The molecule has 3 heteroatoms. The maximum atomic E-state index is 11.8. The highest BCUT2D eigenvalue weighted by molar-refractivity contribution is 6.30. The van der Waals surface area contributed by atoms with Crippen LogP contribution in [0.1, 0.15) is 25.8 Å². The fraction of sp³-hybridized carbons (Fsp3) is 0.500. The number of nitrogens with zero attached hydrogens (tertiary/aromatic N) is 1. The number of hydrogen-bond donors (Lipinski definition) is 0. The number of ketones is 1. The third-order valence-corrected chi connectivity index (χ3v) is 3.70. The number of anilines is 1. The van der Waals surface area contributed by atoms with E-state index in [9.17, 15) is 4.79 Å². The summed E-state index contributed by atoms with van der Waals surface area (Å²) >= 11 is 6.04. The van der Waals surface area contributed by atoms with Crippen LogP contribution >= 0.6 is 11.6 Å². The Kier molecular flexibility index (Phi) is 3.17. The Morgan fingerprint density at radius 2 is 2.06 bits per heavy atom. The van der Waals surface area contributed by atoms with Crippen molar-refractivity contribution in [2.45, 2.75) is 27.2 Å². The van der Waals surface area contributed by atoms with E-state index in [1.165, 1.54) is 5.56 Å². The molecule has 1 aliphatic heterocycles. The first kappa shape index (κ1) is 12.4. The first-order chi connectivity index (χ1) is 7.90. The molecule has 0 bridgehead atoms. The summed E-state index contributed by atoms with van der Waals surface area (Å²) in [6, 6.07) is 5.92. The summed E-state index contributed by atoms with van der Waals surface area (Å²) in [5.41, 5.74) is 2.10. The van der Waals surface area contributed by atoms with Gasteiger partial charge in [0.15, 0.2) is 0 Å². The van der Waals surface area contributed by atoms with Crippen molar-refractivity contribution in [3.05, 3.63) is 28.8 Å². The van der Waals surface area contributed by atoms with Crippen LogP contribution in [-0.2, 0) is 4.79 Å². The van der Waals surface area contributed by atoms with Gasteiger partial charge in [0, 0.05) is 35.6 Å². The molecule has 1 aliphatic rings. The lowest BCUT2D eigenvalue weighted by Gasteiger charge is -2.38. The molecular formula is C14H18ClNO. The molecule has 0 saturated carbocycles. The molecule has 0 N–H and O–H groups in total. The molecule has 92 valence electrons. The Hall–Kier alpha value is -1.02. The minimum atomic E-state index is -0.257. The van der Waals surface area contributed by atoms with E-state index >= 15 is 0 Å². The zero-order valence-corrected chi connectivity index (χ0v) is 11.3. The molecular weight excluding hydrogens is 234 g/mol. The first-order valence-electron chi connectivity index (χ1n) is 5.94. The first-order valence-corrected chi connectivity index (χ1v) is 6.32. The topological polar surface area (TPSA) is 20.3 Å². The Morgan fingerprint density at radius 3 is 2.71 bits per heavy atom. The second-order valence-electron chi connectivity index (χ2n) is 5.41. The van der Waals surface area contributed by atoms with Crippen LogP contribution in [0.15, 0.2) is 18.2 Å². The van der Waals surface area contributed by atoms with E-state index in [1.807, 2.05) is 32.0 Å². The highest BCUT2D eigenvalue weighted by Crippen LogP contribution is 2.32. The number of rotatable bonds is 1. The van der Waals surface area contributed by atoms with Crippen molar-refractivity contribution in [1.82, 2.24) is 0 Å². The number of benzene rings is 1. The lowest BCUT2D eigenvalue weighted by Crippen LogP contribution is -2.46. The van der Waals surface area contributed by atoms with Crippen molar-refractivity contribution in [2.24, 2.45) is 5.41 Å². The molecule has 0 atom stereocenters. The van der Waals surface area contributed by atoms with E-state index in [4.69, 9.17) is 11.6 Å². The van der Waals surface area contributed by atoms with Gasteiger partial charge in [-0.3, -0.25) is 4.79 Å². The van der Waals surface area contributed by atoms with Crippen LogP contribution in [0.2, 0.25) is 5.02 Å². The number of halogens is 1. The van der Waals surface area contributed by atoms with E-state index in [-0.39, 0.29) is 5.41 Å². The molecule has 0 unspecified atom stereocenters. The third-order valence-electron chi connectivity index (χ3n) is 3.46. The molecule has 1 aromatic carbocycles. The second-order valence-corrected chi connectivity index (χ2v) is 5.85. The standard InChI is InChI=1S/C14H18ClNO/c1-10-4-5-11(15)8-12(10)16-7-6-13(17)14(2,3)9-16/h4-5,8H,6-7,9H2,1-3H3. The predicted octanol–water partition coefficient (Wildman–Crippen LogP) is 3.45. The lowest BCUT2D eigenvalue weighted by molar-refractivity contribution is -0.127. The molecule has 0 radical (unpaired) electrons. The predicted molar refractivity (Wildman–Crippen MR) is 71.8 cm³/mol. The van der Waals surface area contributed by atoms with Crippen molar-refractivity contribution in [3.8, 4) is 0 Å². The van der Waals surface area contributed by atoms with Gasteiger partial charge in [0.2, 0.25) is 0 Å². The van der Waals surface area contributed by atoms with Crippen molar-refractivity contribution >= 4 is 23.1 Å². The zero-order valence-electron chi connectivity index (χ0n) is 10.6. The third kappa shape index (κ3) is 2.47. The molecule has 0 spiro atoms.